The van der Waals surface area contributed by atoms with Gasteiger partial charge in [-0.2, -0.15) is 0 Å². The molecule has 6 heteroatoms. The van der Waals surface area contributed by atoms with E-state index in [0.717, 1.165) is 12.8 Å². The molecule has 1 heterocycles. The average Bonchev–Trinajstić information content (AvgIpc) is 3.36. The number of amides is 1. The number of Topliss-reactive ketones (excluding diaryl/α,β-unsaturated/α-hetero) is 1. The van der Waals surface area contributed by atoms with Gasteiger partial charge >= 0.3 is 0 Å². The minimum atomic E-state index is -0.722. The van der Waals surface area contributed by atoms with E-state index in [1.807, 2.05) is 0 Å². The van der Waals surface area contributed by atoms with Crippen molar-refractivity contribution in [1.82, 2.24) is 0 Å². The molecule has 0 aromatic heterocycles. The number of anilines is 1. The lowest BCUT2D eigenvalue weighted by Crippen LogP contribution is -2.16. The molecule has 2 aromatic carbocycles. The minimum absolute atomic E-state index is 0.0822. The monoisotopic (exact) mass is 377 g/mol. The molecule has 1 atom stereocenters. The van der Waals surface area contributed by atoms with Gasteiger partial charge in [-0.25, -0.2) is 4.39 Å². The molecule has 2 aliphatic rings. The number of rotatable bonds is 4. The van der Waals surface area contributed by atoms with E-state index in [4.69, 9.17) is 23.2 Å². The van der Waals surface area contributed by atoms with Gasteiger partial charge in [-0.15, -0.1) is 0 Å². The Balaban J connectivity index is 1.61. The zero-order valence-electron chi connectivity index (χ0n) is 13.1. The van der Waals surface area contributed by atoms with Crippen LogP contribution in [0.5, 0.6) is 0 Å². The Kier molecular flexibility index (Phi) is 4.05. The topological polar surface area (TPSA) is 46.2 Å². The van der Waals surface area contributed by atoms with Crippen LogP contribution in [0.2, 0.25) is 10.0 Å². The molecule has 25 heavy (non-hydrogen) atoms. The molecule has 1 N–H and O–H groups in total. The first-order chi connectivity index (χ1) is 12.0. The lowest BCUT2D eigenvalue weighted by Gasteiger charge is -2.11. The van der Waals surface area contributed by atoms with Crippen LogP contribution < -0.4 is 5.32 Å². The van der Waals surface area contributed by atoms with Crippen molar-refractivity contribution < 1.29 is 14.0 Å². The van der Waals surface area contributed by atoms with E-state index in [9.17, 15) is 14.0 Å². The van der Waals surface area contributed by atoms with E-state index < -0.39 is 5.92 Å². The average molecular weight is 378 g/mol. The van der Waals surface area contributed by atoms with Gasteiger partial charge in [-0.05, 0) is 42.5 Å². The predicted octanol–water partition coefficient (Wildman–Crippen LogP) is 5.32. The lowest BCUT2D eigenvalue weighted by atomic mass is 9.92. The number of ketones is 1. The number of nitrogens with one attached hydrogen (secondary N) is 1. The van der Waals surface area contributed by atoms with Gasteiger partial charge in [0.1, 0.15) is 5.82 Å². The van der Waals surface area contributed by atoms with Gasteiger partial charge in [0, 0.05) is 22.6 Å². The SMILES string of the molecule is O=C(CC1C(=O)Nc2c(Cl)ccc(Cl)c21)c1ccc(C2CC2)c(F)c1. The first-order valence-electron chi connectivity index (χ1n) is 8.07. The number of hydrogen-bond acceptors (Lipinski definition) is 2. The Morgan fingerprint density at radius 3 is 2.56 bits per heavy atom. The van der Waals surface area contributed by atoms with E-state index in [-0.39, 0.29) is 35.4 Å². The van der Waals surface area contributed by atoms with E-state index >= 15 is 0 Å². The quantitative estimate of drug-likeness (QED) is 0.732. The van der Waals surface area contributed by atoms with Crippen LogP contribution in [0.3, 0.4) is 0 Å². The standard InChI is InChI=1S/C19H14Cl2FNO2/c20-13-5-6-14(21)18-17(13)12(19(25)23-18)8-16(24)10-3-4-11(9-1-2-9)15(22)7-10/h3-7,9,12H,1-2,8H2,(H,23,25). The van der Waals surface area contributed by atoms with Crippen LogP contribution in [0.4, 0.5) is 10.1 Å². The van der Waals surface area contributed by atoms with Crippen LogP contribution in [-0.2, 0) is 4.79 Å². The molecule has 1 unspecified atom stereocenters. The first-order valence-corrected chi connectivity index (χ1v) is 8.82. The van der Waals surface area contributed by atoms with E-state index in [1.54, 1.807) is 24.3 Å². The molecule has 1 amide bonds. The largest absolute Gasteiger partial charge is 0.324 e. The molecule has 1 aliphatic heterocycles. The fourth-order valence-corrected chi connectivity index (χ4v) is 3.80. The minimum Gasteiger partial charge on any atom is -0.324 e. The third-order valence-corrected chi connectivity index (χ3v) is 5.43. The van der Waals surface area contributed by atoms with Crippen molar-refractivity contribution in [2.75, 3.05) is 5.32 Å². The summed E-state index contributed by atoms with van der Waals surface area (Å²) in [6.45, 7) is 0. The van der Waals surface area contributed by atoms with Gasteiger partial charge in [-0.3, -0.25) is 9.59 Å². The van der Waals surface area contributed by atoms with Crippen molar-refractivity contribution in [2.45, 2.75) is 31.1 Å². The summed E-state index contributed by atoms with van der Waals surface area (Å²) in [6, 6.07) is 7.77. The van der Waals surface area contributed by atoms with Gasteiger partial charge in [0.15, 0.2) is 5.78 Å². The van der Waals surface area contributed by atoms with Crippen LogP contribution in [0, 0.1) is 5.82 Å². The normalized spacial score (nSPS) is 18.8. The van der Waals surface area contributed by atoms with Gasteiger partial charge in [-0.1, -0.05) is 35.3 Å². The Morgan fingerprint density at radius 2 is 1.88 bits per heavy atom. The maximum atomic E-state index is 14.2. The first kappa shape index (κ1) is 16.6. The summed E-state index contributed by atoms with van der Waals surface area (Å²) in [5.41, 5.74) is 1.91. The summed E-state index contributed by atoms with van der Waals surface area (Å²) in [7, 11) is 0. The summed E-state index contributed by atoms with van der Waals surface area (Å²) >= 11 is 12.3. The van der Waals surface area contributed by atoms with Crippen LogP contribution in [0.25, 0.3) is 0 Å². The van der Waals surface area contributed by atoms with Crippen LogP contribution >= 0.6 is 23.2 Å². The summed E-state index contributed by atoms with van der Waals surface area (Å²) in [6.07, 6.45) is 1.89. The molecule has 1 fully saturated rings. The molecule has 0 radical (unpaired) electrons. The van der Waals surface area contributed by atoms with E-state index in [1.165, 1.54) is 6.07 Å². The van der Waals surface area contributed by atoms with Crippen molar-refractivity contribution in [3.05, 3.63) is 62.9 Å². The molecule has 128 valence electrons. The Bertz CT molecular complexity index is 909. The van der Waals surface area contributed by atoms with Crippen molar-refractivity contribution in [1.29, 1.82) is 0 Å². The van der Waals surface area contributed by atoms with Crippen molar-refractivity contribution in [3.63, 3.8) is 0 Å². The smallest absolute Gasteiger partial charge is 0.232 e. The summed E-state index contributed by atoms with van der Waals surface area (Å²) < 4.78 is 14.2. The Morgan fingerprint density at radius 1 is 1.16 bits per heavy atom. The summed E-state index contributed by atoms with van der Waals surface area (Å²) in [5, 5.41) is 3.43. The van der Waals surface area contributed by atoms with Crippen LogP contribution in [0.15, 0.2) is 30.3 Å². The highest BCUT2D eigenvalue weighted by Gasteiger charge is 2.36. The number of carbonyl (C=O) groups excluding carboxylic acids is 2. The zero-order chi connectivity index (χ0) is 17.7. The van der Waals surface area contributed by atoms with Crippen LogP contribution in [0.1, 0.15) is 52.6 Å². The molecule has 1 aliphatic carbocycles. The van der Waals surface area contributed by atoms with Crippen LogP contribution in [-0.4, -0.2) is 11.7 Å². The summed E-state index contributed by atoms with van der Waals surface area (Å²) in [5.74, 6) is -1.43. The van der Waals surface area contributed by atoms with Gasteiger partial charge in [0.05, 0.1) is 16.6 Å². The Labute approximate surface area is 154 Å². The summed E-state index contributed by atoms with van der Waals surface area (Å²) in [4.78, 5) is 24.8. The molecule has 1 saturated carbocycles. The fourth-order valence-electron chi connectivity index (χ4n) is 3.30. The highest BCUT2D eigenvalue weighted by molar-refractivity contribution is 6.38. The molecular weight excluding hydrogens is 364 g/mol. The van der Waals surface area contributed by atoms with Crippen molar-refractivity contribution in [2.24, 2.45) is 0 Å². The molecular formula is C19H14Cl2FNO2. The number of fused-ring (bicyclic) bond motifs is 1. The maximum absolute atomic E-state index is 14.2. The molecule has 2 aromatic rings. The number of halogens is 3. The molecule has 3 nitrogen and oxygen atoms in total. The van der Waals surface area contributed by atoms with E-state index in [2.05, 4.69) is 5.32 Å². The number of carbonyl (C=O) groups is 2. The highest BCUT2D eigenvalue weighted by Crippen LogP contribution is 2.44. The van der Waals surface area contributed by atoms with Crippen molar-refractivity contribution in [3.8, 4) is 0 Å². The second-order valence-electron chi connectivity index (χ2n) is 6.50. The molecule has 0 spiro atoms. The second kappa shape index (κ2) is 6.11. The fraction of sp³-hybridized carbons (Fsp3) is 0.263. The number of hydrogen-bond donors (Lipinski definition) is 1. The van der Waals surface area contributed by atoms with Gasteiger partial charge in [0.2, 0.25) is 5.91 Å². The Hall–Kier alpha value is -1.91. The molecule has 0 bridgehead atoms. The van der Waals surface area contributed by atoms with Gasteiger partial charge in [0.25, 0.3) is 0 Å². The second-order valence-corrected chi connectivity index (χ2v) is 7.31. The van der Waals surface area contributed by atoms with Crippen molar-refractivity contribution >= 4 is 40.6 Å². The zero-order valence-corrected chi connectivity index (χ0v) is 14.6. The molecule has 0 saturated heterocycles. The third kappa shape index (κ3) is 2.94. The maximum Gasteiger partial charge on any atom is 0.232 e. The van der Waals surface area contributed by atoms with E-state index in [0.29, 0.717) is 26.9 Å². The highest BCUT2D eigenvalue weighted by atomic mass is 35.5. The lowest BCUT2D eigenvalue weighted by molar-refractivity contribution is -0.117. The van der Waals surface area contributed by atoms with Gasteiger partial charge < -0.3 is 5.32 Å². The third-order valence-electron chi connectivity index (χ3n) is 4.78. The predicted molar refractivity (Wildman–Crippen MR) is 95.2 cm³/mol. The number of benzene rings is 2. The molecule has 4 rings (SSSR count).